The minimum Gasteiger partial charge on any atom is -0.466 e. The largest absolute Gasteiger partial charge is 0.466 e. The van der Waals surface area contributed by atoms with E-state index in [-0.39, 0.29) is 18.5 Å². The first-order valence-electron chi connectivity index (χ1n) is 28.0. The normalized spacial score (nSPS) is 12.6. The van der Waals surface area contributed by atoms with E-state index in [2.05, 4.69) is 19.2 Å². The second-order valence-electron chi connectivity index (χ2n) is 19.3. The van der Waals surface area contributed by atoms with Crippen LogP contribution in [0.5, 0.6) is 0 Å². The van der Waals surface area contributed by atoms with Gasteiger partial charge in [-0.1, -0.05) is 276 Å². The predicted octanol–water partition coefficient (Wildman–Crippen LogP) is 16.9. The van der Waals surface area contributed by atoms with Crippen LogP contribution in [0.2, 0.25) is 0 Å². The van der Waals surface area contributed by atoms with E-state index < -0.39 is 12.1 Å². The molecule has 2 atom stereocenters. The molecular formula is C56H109NO5. The van der Waals surface area contributed by atoms with Crippen LogP contribution in [0.3, 0.4) is 0 Å². The summed E-state index contributed by atoms with van der Waals surface area (Å²) in [7, 11) is 0. The molecule has 368 valence electrons. The predicted molar refractivity (Wildman–Crippen MR) is 269 cm³/mol. The van der Waals surface area contributed by atoms with Crippen molar-refractivity contribution in [3.05, 3.63) is 12.2 Å². The fourth-order valence-electron chi connectivity index (χ4n) is 8.75. The monoisotopic (exact) mass is 876 g/mol. The van der Waals surface area contributed by atoms with Crippen LogP contribution >= 0.6 is 0 Å². The summed E-state index contributed by atoms with van der Waals surface area (Å²) in [5.41, 5.74) is 0. The third kappa shape index (κ3) is 48.1. The Hall–Kier alpha value is -1.40. The van der Waals surface area contributed by atoms with Crippen molar-refractivity contribution < 1.29 is 24.5 Å². The van der Waals surface area contributed by atoms with Crippen LogP contribution < -0.4 is 5.32 Å². The summed E-state index contributed by atoms with van der Waals surface area (Å²) in [6.07, 6.45) is 60.8. The average molecular weight is 876 g/mol. The summed E-state index contributed by atoms with van der Waals surface area (Å²) < 4.78 is 5.49. The quantitative estimate of drug-likeness (QED) is 0.0321. The summed E-state index contributed by atoms with van der Waals surface area (Å²) in [5, 5.41) is 23.0. The first kappa shape index (κ1) is 60.6. The Kier molecular flexibility index (Phi) is 51.0. The zero-order chi connectivity index (χ0) is 45.1. The van der Waals surface area contributed by atoms with Crippen LogP contribution in [-0.4, -0.2) is 47.4 Å². The van der Waals surface area contributed by atoms with Crippen LogP contribution in [0.1, 0.15) is 309 Å². The van der Waals surface area contributed by atoms with E-state index in [0.29, 0.717) is 19.4 Å². The van der Waals surface area contributed by atoms with E-state index in [1.165, 1.54) is 238 Å². The Bertz CT molecular complexity index is 924. The molecule has 0 aliphatic rings. The maximum Gasteiger partial charge on any atom is 0.305 e. The van der Waals surface area contributed by atoms with Crippen molar-refractivity contribution in [1.29, 1.82) is 0 Å². The Morgan fingerprint density at radius 3 is 1.10 bits per heavy atom. The van der Waals surface area contributed by atoms with Crippen molar-refractivity contribution in [3.63, 3.8) is 0 Å². The molecule has 6 heteroatoms. The molecule has 0 bridgehead atoms. The van der Waals surface area contributed by atoms with Gasteiger partial charge in [0.25, 0.3) is 0 Å². The molecule has 0 rings (SSSR count). The Morgan fingerprint density at radius 2 is 0.742 bits per heavy atom. The molecular weight excluding hydrogens is 767 g/mol. The molecule has 1 amide bonds. The van der Waals surface area contributed by atoms with Gasteiger partial charge in [-0.3, -0.25) is 9.59 Å². The number of esters is 1. The van der Waals surface area contributed by atoms with Gasteiger partial charge in [0.15, 0.2) is 0 Å². The molecule has 3 N–H and O–H groups in total. The highest BCUT2D eigenvalue weighted by Crippen LogP contribution is 2.17. The Labute approximate surface area is 387 Å². The number of hydrogen-bond acceptors (Lipinski definition) is 5. The molecule has 0 aromatic heterocycles. The van der Waals surface area contributed by atoms with Crippen molar-refractivity contribution in [2.45, 2.75) is 321 Å². The Morgan fingerprint density at radius 1 is 0.435 bits per heavy atom. The summed E-state index contributed by atoms with van der Waals surface area (Å²) in [5.74, 6) is -0.0718. The summed E-state index contributed by atoms with van der Waals surface area (Å²) in [6, 6.07) is -0.632. The van der Waals surface area contributed by atoms with E-state index >= 15 is 0 Å². The smallest absolute Gasteiger partial charge is 0.305 e. The van der Waals surface area contributed by atoms with E-state index in [0.717, 1.165) is 44.9 Å². The van der Waals surface area contributed by atoms with Crippen LogP contribution in [0, 0.1) is 0 Å². The van der Waals surface area contributed by atoms with Crippen molar-refractivity contribution >= 4 is 11.9 Å². The minimum absolute atomic E-state index is 0.00410. The lowest BCUT2D eigenvalue weighted by Crippen LogP contribution is -2.45. The first-order chi connectivity index (χ1) is 30.5. The van der Waals surface area contributed by atoms with Gasteiger partial charge in [-0.25, -0.2) is 0 Å². The Balaban J connectivity index is 3.41. The molecule has 2 unspecified atom stereocenters. The van der Waals surface area contributed by atoms with Gasteiger partial charge in [0.2, 0.25) is 5.91 Å². The molecule has 0 aromatic carbocycles. The molecule has 0 radical (unpaired) electrons. The molecule has 0 saturated heterocycles. The van der Waals surface area contributed by atoms with E-state index in [1.807, 2.05) is 6.08 Å². The molecule has 0 saturated carbocycles. The van der Waals surface area contributed by atoms with Crippen LogP contribution in [0.25, 0.3) is 0 Å². The number of amides is 1. The second kappa shape index (κ2) is 52.2. The van der Waals surface area contributed by atoms with Crippen LogP contribution in [0.4, 0.5) is 0 Å². The number of carbonyl (C=O) groups is 2. The van der Waals surface area contributed by atoms with Crippen molar-refractivity contribution in [1.82, 2.24) is 5.32 Å². The number of nitrogens with one attached hydrogen (secondary N) is 1. The van der Waals surface area contributed by atoms with Gasteiger partial charge in [-0.2, -0.15) is 0 Å². The third-order valence-corrected chi connectivity index (χ3v) is 13.1. The molecule has 6 nitrogen and oxygen atoms in total. The van der Waals surface area contributed by atoms with Crippen molar-refractivity contribution in [2.24, 2.45) is 0 Å². The highest BCUT2D eigenvalue weighted by molar-refractivity contribution is 5.76. The molecule has 0 heterocycles. The third-order valence-electron chi connectivity index (χ3n) is 13.1. The van der Waals surface area contributed by atoms with Crippen LogP contribution in [-0.2, 0) is 14.3 Å². The highest BCUT2D eigenvalue weighted by Gasteiger charge is 2.18. The van der Waals surface area contributed by atoms with E-state index in [1.54, 1.807) is 6.08 Å². The minimum atomic E-state index is -0.848. The topological polar surface area (TPSA) is 95.9 Å². The van der Waals surface area contributed by atoms with Gasteiger partial charge in [-0.15, -0.1) is 0 Å². The molecule has 0 aliphatic carbocycles. The highest BCUT2D eigenvalue weighted by atomic mass is 16.5. The maximum atomic E-state index is 12.4. The zero-order valence-corrected chi connectivity index (χ0v) is 41.9. The van der Waals surface area contributed by atoms with Gasteiger partial charge in [0.1, 0.15) is 0 Å². The number of unbranched alkanes of at least 4 members (excludes halogenated alkanes) is 41. The lowest BCUT2D eigenvalue weighted by Gasteiger charge is -2.20. The van der Waals surface area contributed by atoms with Gasteiger partial charge in [0.05, 0.1) is 25.4 Å². The van der Waals surface area contributed by atoms with E-state index in [4.69, 9.17) is 4.74 Å². The second-order valence-corrected chi connectivity index (χ2v) is 19.3. The number of hydrogen-bond donors (Lipinski definition) is 3. The van der Waals surface area contributed by atoms with Gasteiger partial charge < -0.3 is 20.3 Å². The number of aliphatic hydroxyl groups is 2. The number of aliphatic hydroxyl groups excluding tert-OH is 2. The SMILES string of the molecule is CCCCCCCCCCCC/C=C/C(O)C(CO)NC(=O)CCCCCCCCCCCCCCCCCOC(=O)CCCCCCCCCCCCCCCCCCCC. The number of ether oxygens (including phenoxy) is 1. The molecule has 0 aromatic rings. The maximum absolute atomic E-state index is 12.4. The summed E-state index contributed by atoms with van der Waals surface area (Å²) >= 11 is 0. The average Bonchev–Trinajstić information content (AvgIpc) is 3.27. The number of rotatable bonds is 52. The molecule has 62 heavy (non-hydrogen) atoms. The molecule has 0 spiro atoms. The summed E-state index contributed by atoms with van der Waals surface area (Å²) in [6.45, 7) is 4.89. The molecule has 0 aliphatic heterocycles. The van der Waals surface area contributed by atoms with Gasteiger partial charge >= 0.3 is 5.97 Å². The number of carbonyl (C=O) groups excluding carboxylic acids is 2. The fraction of sp³-hybridized carbons (Fsp3) is 0.929. The van der Waals surface area contributed by atoms with Gasteiger partial charge in [-0.05, 0) is 32.1 Å². The number of allylic oxidation sites excluding steroid dienone is 1. The van der Waals surface area contributed by atoms with Crippen molar-refractivity contribution in [2.75, 3.05) is 13.2 Å². The van der Waals surface area contributed by atoms with Gasteiger partial charge in [0, 0.05) is 12.8 Å². The van der Waals surface area contributed by atoms with Crippen LogP contribution in [0.15, 0.2) is 12.2 Å². The standard InChI is InChI=1S/C56H109NO5/c1-3-5-7-9-11-13-15-17-18-19-20-23-26-30-34-38-42-46-50-56(61)62-51-47-43-39-35-31-27-24-21-22-25-29-33-37-41-45-49-55(60)57-53(52-58)54(59)48-44-40-36-32-28-16-14-12-10-8-6-4-2/h44,48,53-54,58-59H,3-43,45-47,49-52H2,1-2H3,(H,57,60)/b48-44+. The summed E-state index contributed by atoms with van der Waals surface area (Å²) in [4.78, 5) is 24.5. The lowest BCUT2D eigenvalue weighted by atomic mass is 10.0. The zero-order valence-electron chi connectivity index (χ0n) is 41.9. The van der Waals surface area contributed by atoms with E-state index in [9.17, 15) is 19.8 Å². The first-order valence-corrected chi connectivity index (χ1v) is 28.0. The molecule has 0 fully saturated rings. The fourth-order valence-corrected chi connectivity index (χ4v) is 8.75. The lowest BCUT2D eigenvalue weighted by molar-refractivity contribution is -0.143. The van der Waals surface area contributed by atoms with Crippen molar-refractivity contribution in [3.8, 4) is 0 Å².